The van der Waals surface area contributed by atoms with Crippen molar-refractivity contribution in [1.82, 2.24) is 10.2 Å². The topological polar surface area (TPSA) is 185 Å². The summed E-state index contributed by atoms with van der Waals surface area (Å²) in [5.74, 6) is -4.36. The van der Waals surface area contributed by atoms with Crippen molar-refractivity contribution in [2.45, 2.75) is 37.8 Å². The fraction of sp³-hybridized carbons (Fsp3) is 0.400. The van der Waals surface area contributed by atoms with Crippen LogP contribution < -0.4 is 5.32 Å². The Labute approximate surface area is 196 Å². The number of oxime groups is 1. The molecule has 34 heavy (non-hydrogen) atoms. The van der Waals surface area contributed by atoms with Gasteiger partial charge in [-0.25, -0.2) is 4.79 Å². The van der Waals surface area contributed by atoms with E-state index in [4.69, 9.17) is 19.1 Å². The van der Waals surface area contributed by atoms with Crippen LogP contribution in [0.1, 0.15) is 26.0 Å². The Morgan fingerprint density at radius 2 is 2.09 bits per heavy atom. The molecule has 0 radical (unpaired) electrons. The lowest BCUT2D eigenvalue weighted by Crippen LogP contribution is -2.71. The van der Waals surface area contributed by atoms with Crippen molar-refractivity contribution in [3.8, 4) is 0 Å². The van der Waals surface area contributed by atoms with E-state index in [1.807, 2.05) is 0 Å². The second kappa shape index (κ2) is 10.4. The molecule has 3 N–H and O–H groups in total. The number of carbonyl (C=O) groups is 5. The zero-order chi connectivity index (χ0) is 25.0. The molecular formula is C20H21N3O10S. The number of fused-ring (bicyclic) bond motifs is 1. The molecule has 0 bridgehead atoms. The van der Waals surface area contributed by atoms with E-state index in [1.54, 1.807) is 0 Å². The number of rotatable bonds is 10. The highest BCUT2D eigenvalue weighted by molar-refractivity contribution is 8.00. The minimum Gasteiger partial charge on any atom is -0.481 e. The van der Waals surface area contributed by atoms with Crippen LogP contribution in [0.4, 0.5) is 0 Å². The number of aliphatic carboxylic acids is 2. The number of hydrogen-bond donors (Lipinski definition) is 3. The quantitative estimate of drug-likeness (QED) is 0.174. The number of carboxylic acids is 2. The number of carboxylic acid groups (broad SMARTS) is 2. The standard InChI is InChI=1S/C20H21N3O10S/c1-9(6-13(25)26)33-22-14(12-4-3-5-31-12)17(27)21-15-18(28)23-16(20(29)30)11(7-32-10(2)24)8-34-19(15)23/h3-5,9,15,19H,6-8H2,1-2H3,(H,21,27)(H,25,26)(H,29,30)/t9?,15-,19-/m1/s1. The number of ether oxygens (including phenoxy) is 1. The number of furan rings is 1. The molecule has 1 saturated heterocycles. The van der Waals surface area contributed by atoms with Crippen molar-refractivity contribution in [3.63, 3.8) is 0 Å². The molecule has 3 atom stereocenters. The van der Waals surface area contributed by atoms with Crippen molar-refractivity contribution in [1.29, 1.82) is 0 Å². The summed E-state index contributed by atoms with van der Waals surface area (Å²) < 4.78 is 10.1. The summed E-state index contributed by atoms with van der Waals surface area (Å²) in [6.07, 6.45) is 0.0928. The van der Waals surface area contributed by atoms with Gasteiger partial charge in [0, 0.05) is 18.2 Å². The Morgan fingerprint density at radius 3 is 2.68 bits per heavy atom. The molecule has 2 aliphatic rings. The smallest absolute Gasteiger partial charge is 0.352 e. The summed E-state index contributed by atoms with van der Waals surface area (Å²) in [6, 6.07) is 1.87. The monoisotopic (exact) mass is 495 g/mol. The van der Waals surface area contributed by atoms with Crippen LogP contribution in [0.2, 0.25) is 0 Å². The third-order valence-electron chi connectivity index (χ3n) is 4.74. The predicted molar refractivity (Wildman–Crippen MR) is 114 cm³/mol. The lowest BCUT2D eigenvalue weighted by atomic mass is 10.0. The molecule has 13 nitrogen and oxygen atoms in total. The first-order valence-corrected chi connectivity index (χ1v) is 11.0. The van der Waals surface area contributed by atoms with Gasteiger partial charge >= 0.3 is 17.9 Å². The van der Waals surface area contributed by atoms with Gasteiger partial charge in [-0.3, -0.25) is 24.1 Å². The van der Waals surface area contributed by atoms with Gasteiger partial charge in [0.1, 0.15) is 29.8 Å². The minimum absolute atomic E-state index is 0.0229. The van der Waals surface area contributed by atoms with E-state index in [0.29, 0.717) is 0 Å². The SMILES string of the molecule is CC(=O)OCC1=C(C(=O)O)N2C(=O)[C@@H](NC(=O)C(=NOC(C)CC(=O)O)c3ccco3)[C@H]2SC1. The molecule has 3 rings (SSSR count). The van der Waals surface area contributed by atoms with Gasteiger partial charge in [-0.2, -0.15) is 0 Å². The van der Waals surface area contributed by atoms with Crippen molar-refractivity contribution in [2.24, 2.45) is 5.16 Å². The first kappa shape index (κ1) is 24.8. The summed E-state index contributed by atoms with van der Waals surface area (Å²) in [4.78, 5) is 65.5. The number of thioether (sulfide) groups is 1. The second-order valence-corrected chi connectivity index (χ2v) is 8.43. The summed E-state index contributed by atoms with van der Waals surface area (Å²) in [7, 11) is 0. The molecule has 0 aliphatic carbocycles. The Kier molecular flexibility index (Phi) is 7.61. The van der Waals surface area contributed by atoms with Crippen LogP contribution in [0.5, 0.6) is 0 Å². The third-order valence-corrected chi connectivity index (χ3v) is 6.08. The summed E-state index contributed by atoms with van der Waals surface area (Å²) in [5, 5.41) is 24.0. The average Bonchev–Trinajstić information content (AvgIpc) is 3.29. The Hall–Kier alpha value is -3.81. The Bertz CT molecular complexity index is 1060. The summed E-state index contributed by atoms with van der Waals surface area (Å²) in [5.41, 5.74) is -0.342. The number of hydrogen-bond acceptors (Lipinski definition) is 10. The van der Waals surface area contributed by atoms with Crippen molar-refractivity contribution in [3.05, 3.63) is 35.4 Å². The molecule has 1 aromatic rings. The van der Waals surface area contributed by atoms with Gasteiger partial charge in [-0.1, -0.05) is 5.16 Å². The fourth-order valence-electron chi connectivity index (χ4n) is 3.23. The molecule has 2 amide bonds. The van der Waals surface area contributed by atoms with Gasteiger partial charge in [0.15, 0.2) is 5.76 Å². The highest BCUT2D eigenvalue weighted by Gasteiger charge is 2.54. The highest BCUT2D eigenvalue weighted by Crippen LogP contribution is 2.40. The molecule has 2 aliphatic heterocycles. The fourth-order valence-corrected chi connectivity index (χ4v) is 4.56. The van der Waals surface area contributed by atoms with E-state index in [0.717, 1.165) is 4.90 Å². The number of esters is 1. The maximum absolute atomic E-state index is 12.9. The van der Waals surface area contributed by atoms with Crippen LogP contribution >= 0.6 is 11.8 Å². The van der Waals surface area contributed by atoms with Crippen molar-refractivity contribution >= 4 is 47.2 Å². The van der Waals surface area contributed by atoms with Crippen LogP contribution in [0.15, 0.2) is 39.2 Å². The van der Waals surface area contributed by atoms with Crippen LogP contribution in [-0.4, -0.2) is 80.4 Å². The molecule has 0 aromatic carbocycles. The zero-order valence-electron chi connectivity index (χ0n) is 18.0. The van der Waals surface area contributed by atoms with Gasteiger partial charge in [-0.05, 0) is 19.1 Å². The van der Waals surface area contributed by atoms with E-state index in [-0.39, 0.29) is 41.5 Å². The number of β-lactam (4-membered cyclic amide) rings is 1. The van der Waals surface area contributed by atoms with Gasteiger partial charge < -0.3 is 29.5 Å². The molecule has 1 aromatic heterocycles. The maximum atomic E-state index is 12.9. The first-order chi connectivity index (χ1) is 16.1. The van der Waals surface area contributed by atoms with Crippen LogP contribution in [0.25, 0.3) is 0 Å². The Morgan fingerprint density at radius 1 is 1.35 bits per heavy atom. The number of nitrogens with zero attached hydrogens (tertiary/aromatic N) is 2. The largest absolute Gasteiger partial charge is 0.481 e. The first-order valence-electron chi connectivity index (χ1n) is 9.93. The van der Waals surface area contributed by atoms with Gasteiger partial charge in [-0.15, -0.1) is 11.8 Å². The Balaban J connectivity index is 1.76. The summed E-state index contributed by atoms with van der Waals surface area (Å²) in [6.45, 7) is 2.37. The third kappa shape index (κ3) is 5.39. The summed E-state index contributed by atoms with van der Waals surface area (Å²) >= 11 is 1.20. The van der Waals surface area contributed by atoms with Crippen LogP contribution in [-0.2, 0) is 33.5 Å². The predicted octanol–water partition coefficient (Wildman–Crippen LogP) is 0.165. The van der Waals surface area contributed by atoms with E-state index in [1.165, 1.54) is 44.0 Å². The van der Waals surface area contributed by atoms with Gasteiger partial charge in [0.05, 0.1) is 12.7 Å². The molecule has 14 heteroatoms. The van der Waals surface area contributed by atoms with Crippen molar-refractivity contribution < 1.29 is 48.2 Å². The van der Waals surface area contributed by atoms with Gasteiger partial charge in [0.2, 0.25) is 5.71 Å². The van der Waals surface area contributed by atoms with Crippen LogP contribution in [0.3, 0.4) is 0 Å². The molecule has 0 saturated carbocycles. The zero-order valence-corrected chi connectivity index (χ0v) is 18.9. The van der Waals surface area contributed by atoms with E-state index < -0.39 is 47.2 Å². The van der Waals surface area contributed by atoms with Crippen molar-refractivity contribution in [2.75, 3.05) is 12.4 Å². The lowest BCUT2D eigenvalue weighted by Gasteiger charge is -2.49. The number of amides is 2. The van der Waals surface area contributed by atoms with E-state index in [2.05, 4.69) is 10.5 Å². The van der Waals surface area contributed by atoms with Gasteiger partial charge in [0.25, 0.3) is 11.8 Å². The average molecular weight is 495 g/mol. The van der Waals surface area contributed by atoms with E-state index in [9.17, 15) is 29.1 Å². The normalized spacial score (nSPS) is 20.7. The lowest BCUT2D eigenvalue weighted by molar-refractivity contribution is -0.150. The molecule has 0 spiro atoms. The molecule has 1 fully saturated rings. The number of nitrogens with one attached hydrogen (secondary N) is 1. The molecule has 182 valence electrons. The highest BCUT2D eigenvalue weighted by atomic mass is 32.2. The molecule has 3 heterocycles. The second-order valence-electron chi connectivity index (χ2n) is 7.33. The maximum Gasteiger partial charge on any atom is 0.352 e. The molecule has 1 unspecified atom stereocenters. The minimum atomic E-state index is -1.36. The van der Waals surface area contributed by atoms with E-state index >= 15 is 0 Å². The van der Waals surface area contributed by atoms with Crippen LogP contribution in [0, 0.1) is 0 Å². The molecular weight excluding hydrogens is 474 g/mol. The number of carbonyl (C=O) groups excluding carboxylic acids is 3.